The Kier molecular flexibility index (Phi) is 5.32. The molecule has 3 heterocycles. The Morgan fingerprint density at radius 3 is 3.00 bits per heavy atom. The van der Waals surface area contributed by atoms with Crippen LogP contribution in [0.2, 0.25) is 0 Å². The largest absolute Gasteiger partial charge is 0.383 e. The van der Waals surface area contributed by atoms with E-state index in [2.05, 4.69) is 50.3 Å². The highest BCUT2D eigenvalue weighted by molar-refractivity contribution is 7.14. The van der Waals surface area contributed by atoms with E-state index in [1.54, 1.807) is 18.4 Å². The average molecular weight is 369 g/mol. The van der Waals surface area contributed by atoms with Crippen LogP contribution >= 0.6 is 11.3 Å². The lowest BCUT2D eigenvalue weighted by atomic mass is 9.97. The number of methoxy groups -OCH3 is 1. The molecule has 2 aromatic heterocycles. The first kappa shape index (κ1) is 17.2. The number of piperidine rings is 1. The lowest BCUT2D eigenvalue weighted by Gasteiger charge is -2.32. The van der Waals surface area contributed by atoms with Gasteiger partial charge in [0.15, 0.2) is 5.13 Å². The van der Waals surface area contributed by atoms with E-state index in [0.717, 1.165) is 30.5 Å². The fraction of sp³-hybridized carbons (Fsp3) is 0.400. The molecule has 0 aliphatic carbocycles. The standard InChI is InChI=1S/C20H24N4OS/c1-25-13-12-23-11-9-21-19(23)17-8-5-10-24(14-17)20-22-18(15-26-20)16-6-3-2-4-7-16/h2-4,6-7,9,11,15,17H,5,8,10,12-14H2,1H3/t17-/m0/s1. The maximum atomic E-state index is 5.23. The van der Waals surface area contributed by atoms with Crippen LogP contribution in [0.4, 0.5) is 5.13 Å². The Hall–Kier alpha value is -2.18. The first-order valence-corrected chi connectivity index (χ1v) is 9.99. The molecule has 0 N–H and O–H groups in total. The molecule has 0 spiro atoms. The zero-order chi connectivity index (χ0) is 17.8. The second kappa shape index (κ2) is 8.01. The van der Waals surface area contributed by atoms with Crippen molar-refractivity contribution in [1.29, 1.82) is 0 Å². The summed E-state index contributed by atoms with van der Waals surface area (Å²) in [5.41, 5.74) is 2.24. The van der Waals surface area contributed by atoms with E-state index in [-0.39, 0.29) is 0 Å². The van der Waals surface area contributed by atoms with Crippen molar-refractivity contribution in [3.05, 3.63) is 53.9 Å². The Labute approximate surface area is 158 Å². The van der Waals surface area contributed by atoms with Gasteiger partial charge in [-0.3, -0.25) is 0 Å². The second-order valence-electron chi connectivity index (χ2n) is 6.64. The van der Waals surface area contributed by atoms with Gasteiger partial charge >= 0.3 is 0 Å². The minimum Gasteiger partial charge on any atom is -0.383 e. The summed E-state index contributed by atoms with van der Waals surface area (Å²) in [6.45, 7) is 3.62. The summed E-state index contributed by atoms with van der Waals surface area (Å²) in [7, 11) is 1.74. The molecule has 1 aromatic carbocycles. The molecule has 1 aliphatic heterocycles. The number of imidazole rings is 1. The highest BCUT2D eigenvalue weighted by Crippen LogP contribution is 2.33. The highest BCUT2D eigenvalue weighted by atomic mass is 32.1. The summed E-state index contributed by atoms with van der Waals surface area (Å²) < 4.78 is 7.46. The van der Waals surface area contributed by atoms with E-state index < -0.39 is 0 Å². The number of hydrogen-bond acceptors (Lipinski definition) is 5. The van der Waals surface area contributed by atoms with Gasteiger partial charge in [-0.15, -0.1) is 11.3 Å². The molecule has 4 rings (SSSR count). The summed E-state index contributed by atoms with van der Waals surface area (Å²) >= 11 is 1.74. The lowest BCUT2D eigenvalue weighted by Crippen LogP contribution is -2.35. The van der Waals surface area contributed by atoms with Gasteiger partial charge in [0.25, 0.3) is 0 Å². The molecular weight excluding hydrogens is 344 g/mol. The van der Waals surface area contributed by atoms with Gasteiger partial charge in [-0.2, -0.15) is 0 Å². The fourth-order valence-corrected chi connectivity index (χ4v) is 4.44. The van der Waals surface area contributed by atoms with Crippen molar-refractivity contribution in [1.82, 2.24) is 14.5 Å². The topological polar surface area (TPSA) is 43.2 Å². The molecule has 0 radical (unpaired) electrons. The number of nitrogens with zero attached hydrogens (tertiary/aromatic N) is 4. The van der Waals surface area contributed by atoms with Crippen LogP contribution in [0.25, 0.3) is 11.3 Å². The van der Waals surface area contributed by atoms with Crippen molar-refractivity contribution in [2.75, 3.05) is 31.7 Å². The monoisotopic (exact) mass is 368 g/mol. The molecule has 1 aliphatic rings. The fourth-order valence-electron chi connectivity index (χ4n) is 3.57. The molecule has 26 heavy (non-hydrogen) atoms. The zero-order valence-electron chi connectivity index (χ0n) is 15.0. The van der Waals surface area contributed by atoms with Gasteiger partial charge in [-0.05, 0) is 12.8 Å². The molecule has 0 unspecified atom stereocenters. The van der Waals surface area contributed by atoms with Crippen molar-refractivity contribution < 1.29 is 4.74 Å². The van der Waals surface area contributed by atoms with Crippen LogP contribution in [0, 0.1) is 0 Å². The van der Waals surface area contributed by atoms with Gasteiger partial charge in [0.05, 0.1) is 12.3 Å². The van der Waals surface area contributed by atoms with Gasteiger partial charge in [0.1, 0.15) is 5.82 Å². The van der Waals surface area contributed by atoms with E-state index >= 15 is 0 Å². The summed E-state index contributed by atoms with van der Waals surface area (Å²) in [5.74, 6) is 1.62. The molecule has 0 bridgehead atoms. The molecule has 136 valence electrons. The van der Waals surface area contributed by atoms with Crippen LogP contribution < -0.4 is 4.90 Å². The quantitative estimate of drug-likeness (QED) is 0.659. The van der Waals surface area contributed by atoms with Crippen molar-refractivity contribution in [3.8, 4) is 11.3 Å². The van der Waals surface area contributed by atoms with Gasteiger partial charge in [-0.25, -0.2) is 9.97 Å². The van der Waals surface area contributed by atoms with Gasteiger partial charge in [0, 0.05) is 56.0 Å². The van der Waals surface area contributed by atoms with Crippen molar-refractivity contribution in [3.63, 3.8) is 0 Å². The number of thiazole rings is 1. The zero-order valence-corrected chi connectivity index (χ0v) is 15.9. The third-order valence-electron chi connectivity index (χ3n) is 4.90. The summed E-state index contributed by atoms with van der Waals surface area (Å²) in [5, 5.41) is 3.27. The molecule has 6 heteroatoms. The molecule has 0 amide bonds. The van der Waals surface area contributed by atoms with Crippen LogP contribution in [0.3, 0.4) is 0 Å². The summed E-state index contributed by atoms with van der Waals surface area (Å²) in [6, 6.07) is 10.4. The number of hydrogen-bond donors (Lipinski definition) is 0. The predicted octanol–water partition coefficient (Wildman–Crippen LogP) is 4.04. The number of benzene rings is 1. The van der Waals surface area contributed by atoms with Gasteiger partial charge in [-0.1, -0.05) is 30.3 Å². The third kappa shape index (κ3) is 3.66. The van der Waals surface area contributed by atoms with Gasteiger partial charge in [0.2, 0.25) is 0 Å². The van der Waals surface area contributed by atoms with E-state index in [1.807, 2.05) is 12.3 Å². The van der Waals surface area contributed by atoms with E-state index in [9.17, 15) is 0 Å². The van der Waals surface area contributed by atoms with Crippen LogP contribution in [0.15, 0.2) is 48.1 Å². The number of anilines is 1. The molecule has 1 atom stereocenters. The Morgan fingerprint density at radius 2 is 2.15 bits per heavy atom. The van der Waals surface area contributed by atoms with Crippen molar-refractivity contribution in [2.45, 2.75) is 25.3 Å². The number of aromatic nitrogens is 3. The maximum Gasteiger partial charge on any atom is 0.185 e. The van der Waals surface area contributed by atoms with E-state index in [0.29, 0.717) is 12.5 Å². The van der Waals surface area contributed by atoms with Crippen LogP contribution in [-0.2, 0) is 11.3 Å². The predicted molar refractivity (Wildman–Crippen MR) is 106 cm³/mol. The summed E-state index contributed by atoms with van der Waals surface area (Å²) in [6.07, 6.45) is 6.31. The molecule has 3 aromatic rings. The first-order valence-electron chi connectivity index (χ1n) is 9.11. The summed E-state index contributed by atoms with van der Waals surface area (Å²) in [4.78, 5) is 11.9. The molecule has 1 fully saturated rings. The maximum absolute atomic E-state index is 5.23. The van der Waals surface area contributed by atoms with Crippen LogP contribution in [0.5, 0.6) is 0 Å². The van der Waals surface area contributed by atoms with Crippen molar-refractivity contribution >= 4 is 16.5 Å². The average Bonchev–Trinajstić information content (AvgIpc) is 3.37. The SMILES string of the molecule is COCCn1ccnc1[C@H]1CCCN(c2nc(-c3ccccc3)cs2)C1. The highest BCUT2D eigenvalue weighted by Gasteiger charge is 2.26. The molecule has 0 saturated carbocycles. The minimum absolute atomic E-state index is 0.444. The smallest absolute Gasteiger partial charge is 0.185 e. The Balaban J connectivity index is 1.49. The van der Waals surface area contributed by atoms with Gasteiger partial charge < -0.3 is 14.2 Å². The van der Waals surface area contributed by atoms with Crippen LogP contribution in [-0.4, -0.2) is 41.3 Å². The second-order valence-corrected chi connectivity index (χ2v) is 7.47. The first-order chi connectivity index (χ1) is 12.8. The third-order valence-corrected chi connectivity index (χ3v) is 5.80. The molecular formula is C20H24N4OS. The lowest BCUT2D eigenvalue weighted by molar-refractivity contribution is 0.185. The number of rotatable bonds is 6. The minimum atomic E-state index is 0.444. The Morgan fingerprint density at radius 1 is 1.27 bits per heavy atom. The van der Waals surface area contributed by atoms with Crippen LogP contribution in [0.1, 0.15) is 24.6 Å². The van der Waals surface area contributed by atoms with E-state index in [1.165, 1.54) is 24.2 Å². The molecule has 1 saturated heterocycles. The normalized spacial score (nSPS) is 17.6. The number of ether oxygens (including phenoxy) is 1. The van der Waals surface area contributed by atoms with E-state index in [4.69, 9.17) is 9.72 Å². The Bertz CT molecular complexity index is 829. The van der Waals surface area contributed by atoms with Crippen molar-refractivity contribution in [2.24, 2.45) is 0 Å². The molecule has 5 nitrogen and oxygen atoms in total.